The Morgan fingerprint density at radius 1 is 1.36 bits per heavy atom. The van der Waals surface area contributed by atoms with Crippen LogP contribution in [0.2, 0.25) is 0 Å². The van der Waals surface area contributed by atoms with Gasteiger partial charge in [0, 0.05) is 36.2 Å². The third-order valence-corrected chi connectivity index (χ3v) is 2.37. The van der Waals surface area contributed by atoms with E-state index in [1.165, 1.54) is 0 Å². The molecule has 0 aromatic carbocycles. The zero-order chi connectivity index (χ0) is 10.6. The molecule has 3 nitrogen and oxygen atoms in total. The zero-order valence-corrected chi connectivity index (χ0v) is 9.12. The Morgan fingerprint density at radius 2 is 2.00 bits per heavy atom. The number of rotatable bonds is 4. The number of aryl methyl sites for hydroxylation is 1. The SMILES string of the molecule is CCN(CC)c1cc(C)ncc1CO. The molecule has 3 heteroatoms. The van der Waals surface area contributed by atoms with Crippen molar-refractivity contribution in [2.24, 2.45) is 0 Å². The Labute approximate surface area is 85.4 Å². The number of aliphatic hydroxyl groups is 1. The van der Waals surface area contributed by atoms with Gasteiger partial charge in [-0.15, -0.1) is 0 Å². The molecule has 1 aromatic rings. The van der Waals surface area contributed by atoms with E-state index < -0.39 is 0 Å². The summed E-state index contributed by atoms with van der Waals surface area (Å²) < 4.78 is 0. The lowest BCUT2D eigenvalue weighted by molar-refractivity contribution is 0.281. The number of aromatic nitrogens is 1. The van der Waals surface area contributed by atoms with Gasteiger partial charge in [-0.05, 0) is 26.8 Å². The molecule has 0 radical (unpaired) electrons. The van der Waals surface area contributed by atoms with Crippen molar-refractivity contribution in [1.82, 2.24) is 4.98 Å². The van der Waals surface area contributed by atoms with Crippen LogP contribution in [0.15, 0.2) is 12.3 Å². The Morgan fingerprint density at radius 3 is 2.50 bits per heavy atom. The molecule has 1 aromatic heterocycles. The molecule has 0 aliphatic rings. The predicted molar refractivity (Wildman–Crippen MR) is 58.5 cm³/mol. The van der Waals surface area contributed by atoms with Gasteiger partial charge in [-0.3, -0.25) is 4.98 Å². The summed E-state index contributed by atoms with van der Waals surface area (Å²) in [5.41, 5.74) is 2.99. The van der Waals surface area contributed by atoms with Crippen LogP contribution in [0.5, 0.6) is 0 Å². The van der Waals surface area contributed by atoms with Crippen LogP contribution in [0.1, 0.15) is 25.1 Å². The van der Waals surface area contributed by atoms with E-state index in [2.05, 4.69) is 23.7 Å². The molecule has 1 rings (SSSR count). The van der Waals surface area contributed by atoms with Crippen LogP contribution in [-0.4, -0.2) is 23.2 Å². The van der Waals surface area contributed by atoms with Crippen molar-refractivity contribution in [3.63, 3.8) is 0 Å². The number of pyridine rings is 1. The second-order valence-corrected chi connectivity index (χ2v) is 3.28. The standard InChI is InChI=1S/C11H18N2O/c1-4-13(5-2)11-6-9(3)12-7-10(11)8-14/h6-7,14H,4-5,8H2,1-3H3. The highest BCUT2D eigenvalue weighted by molar-refractivity contribution is 5.53. The van der Waals surface area contributed by atoms with E-state index in [1.54, 1.807) is 6.20 Å². The fraction of sp³-hybridized carbons (Fsp3) is 0.545. The van der Waals surface area contributed by atoms with E-state index in [9.17, 15) is 5.11 Å². The third-order valence-electron chi connectivity index (χ3n) is 2.37. The minimum Gasteiger partial charge on any atom is -0.392 e. The average Bonchev–Trinajstić information content (AvgIpc) is 2.20. The third kappa shape index (κ3) is 2.23. The Hall–Kier alpha value is -1.09. The molecule has 0 saturated heterocycles. The minimum atomic E-state index is 0.0547. The summed E-state index contributed by atoms with van der Waals surface area (Å²) in [6.45, 7) is 8.15. The van der Waals surface area contributed by atoms with Gasteiger partial charge in [-0.25, -0.2) is 0 Å². The quantitative estimate of drug-likeness (QED) is 0.793. The van der Waals surface area contributed by atoms with Crippen molar-refractivity contribution in [3.05, 3.63) is 23.5 Å². The molecule has 0 aliphatic carbocycles. The summed E-state index contributed by atoms with van der Waals surface area (Å²) >= 11 is 0. The maximum atomic E-state index is 9.18. The molecule has 0 saturated carbocycles. The summed E-state index contributed by atoms with van der Waals surface area (Å²) in [4.78, 5) is 6.40. The Balaban J connectivity index is 3.08. The van der Waals surface area contributed by atoms with E-state index in [-0.39, 0.29) is 6.61 Å². The molecule has 14 heavy (non-hydrogen) atoms. The van der Waals surface area contributed by atoms with Gasteiger partial charge in [-0.2, -0.15) is 0 Å². The highest BCUT2D eigenvalue weighted by Gasteiger charge is 2.08. The number of nitrogens with zero attached hydrogens (tertiary/aromatic N) is 2. The molecule has 1 N–H and O–H groups in total. The largest absolute Gasteiger partial charge is 0.392 e. The van der Waals surface area contributed by atoms with Crippen LogP contribution in [0.25, 0.3) is 0 Å². The van der Waals surface area contributed by atoms with Crippen LogP contribution >= 0.6 is 0 Å². The monoisotopic (exact) mass is 194 g/mol. The lowest BCUT2D eigenvalue weighted by Crippen LogP contribution is -2.23. The van der Waals surface area contributed by atoms with E-state index in [0.29, 0.717) is 0 Å². The van der Waals surface area contributed by atoms with Crippen molar-refractivity contribution >= 4 is 5.69 Å². The maximum Gasteiger partial charge on any atom is 0.0717 e. The molecular formula is C11H18N2O. The van der Waals surface area contributed by atoms with Crippen molar-refractivity contribution < 1.29 is 5.11 Å². The van der Waals surface area contributed by atoms with Gasteiger partial charge in [0.2, 0.25) is 0 Å². The van der Waals surface area contributed by atoms with Gasteiger partial charge in [0.1, 0.15) is 0 Å². The van der Waals surface area contributed by atoms with Crippen LogP contribution in [0.3, 0.4) is 0 Å². The fourth-order valence-corrected chi connectivity index (χ4v) is 1.55. The van der Waals surface area contributed by atoms with Crippen molar-refractivity contribution in [1.29, 1.82) is 0 Å². The lowest BCUT2D eigenvalue weighted by atomic mass is 10.2. The summed E-state index contributed by atoms with van der Waals surface area (Å²) in [5.74, 6) is 0. The minimum absolute atomic E-state index is 0.0547. The predicted octanol–water partition coefficient (Wildman–Crippen LogP) is 1.73. The summed E-state index contributed by atoms with van der Waals surface area (Å²) in [7, 11) is 0. The van der Waals surface area contributed by atoms with Gasteiger partial charge < -0.3 is 10.0 Å². The highest BCUT2D eigenvalue weighted by atomic mass is 16.3. The number of anilines is 1. The highest BCUT2D eigenvalue weighted by Crippen LogP contribution is 2.20. The number of aliphatic hydroxyl groups excluding tert-OH is 1. The normalized spacial score (nSPS) is 10.3. The van der Waals surface area contributed by atoms with Gasteiger partial charge >= 0.3 is 0 Å². The molecule has 0 spiro atoms. The molecule has 0 fully saturated rings. The second kappa shape index (κ2) is 4.96. The molecule has 1 heterocycles. The smallest absolute Gasteiger partial charge is 0.0717 e. The molecule has 0 bridgehead atoms. The summed E-state index contributed by atoms with van der Waals surface area (Å²) in [6.07, 6.45) is 1.75. The van der Waals surface area contributed by atoms with E-state index in [4.69, 9.17) is 0 Å². The average molecular weight is 194 g/mol. The first-order valence-electron chi connectivity index (χ1n) is 5.04. The first kappa shape index (κ1) is 11.0. The first-order chi connectivity index (χ1) is 6.72. The van der Waals surface area contributed by atoms with Gasteiger partial charge in [-0.1, -0.05) is 0 Å². The van der Waals surface area contributed by atoms with Crippen molar-refractivity contribution in [2.45, 2.75) is 27.4 Å². The maximum absolute atomic E-state index is 9.18. The van der Waals surface area contributed by atoms with Crippen LogP contribution in [0.4, 0.5) is 5.69 Å². The van der Waals surface area contributed by atoms with E-state index >= 15 is 0 Å². The Bertz CT molecular complexity index is 295. The molecular weight excluding hydrogens is 176 g/mol. The van der Waals surface area contributed by atoms with Gasteiger partial charge in [0.15, 0.2) is 0 Å². The number of hydrogen-bond acceptors (Lipinski definition) is 3. The zero-order valence-electron chi connectivity index (χ0n) is 9.12. The lowest BCUT2D eigenvalue weighted by Gasteiger charge is -2.23. The van der Waals surface area contributed by atoms with E-state index in [1.807, 2.05) is 13.0 Å². The van der Waals surface area contributed by atoms with Crippen LogP contribution in [0, 0.1) is 6.92 Å². The molecule has 0 aliphatic heterocycles. The molecule has 0 atom stereocenters. The summed E-state index contributed by atoms with van der Waals surface area (Å²) in [6, 6.07) is 2.03. The van der Waals surface area contributed by atoms with Gasteiger partial charge in [0.05, 0.1) is 6.61 Å². The van der Waals surface area contributed by atoms with Crippen molar-refractivity contribution in [3.8, 4) is 0 Å². The second-order valence-electron chi connectivity index (χ2n) is 3.28. The van der Waals surface area contributed by atoms with Crippen molar-refractivity contribution in [2.75, 3.05) is 18.0 Å². The van der Waals surface area contributed by atoms with Gasteiger partial charge in [0.25, 0.3) is 0 Å². The Kier molecular flexibility index (Phi) is 3.89. The molecule has 0 amide bonds. The summed E-state index contributed by atoms with van der Waals surface area (Å²) in [5, 5.41) is 9.18. The molecule has 78 valence electrons. The molecule has 0 unspecified atom stereocenters. The fourth-order valence-electron chi connectivity index (χ4n) is 1.55. The van der Waals surface area contributed by atoms with E-state index in [0.717, 1.165) is 30.0 Å². The van der Waals surface area contributed by atoms with Crippen LogP contribution in [-0.2, 0) is 6.61 Å². The van der Waals surface area contributed by atoms with Crippen LogP contribution < -0.4 is 4.90 Å². The number of hydrogen-bond donors (Lipinski definition) is 1. The first-order valence-corrected chi connectivity index (χ1v) is 5.04. The topological polar surface area (TPSA) is 36.4 Å².